The lowest BCUT2D eigenvalue weighted by atomic mass is 9.66. The first-order chi connectivity index (χ1) is 24.8. The molecule has 1 aromatic heterocycles. The summed E-state index contributed by atoms with van der Waals surface area (Å²) >= 11 is 0. The van der Waals surface area contributed by atoms with Gasteiger partial charge in [0.1, 0.15) is 17.1 Å². The molecule has 50 heavy (non-hydrogen) atoms. The van der Waals surface area contributed by atoms with Gasteiger partial charge in [0.15, 0.2) is 5.58 Å². The SMILES string of the molecule is c1ccc2c(c1)Oc1cc(Nc3ccc(-c4cccc5ccccc45)c4c3oc3ccccc34)ccc1C21c2ccccc2-c2ccccc21. The Kier molecular flexibility index (Phi) is 5.59. The minimum atomic E-state index is -0.484. The number of rotatable bonds is 3. The lowest BCUT2D eigenvalue weighted by Crippen LogP contribution is -2.32. The molecule has 9 aromatic rings. The number of ether oxygens (including phenoxy) is 1. The predicted molar refractivity (Wildman–Crippen MR) is 204 cm³/mol. The fourth-order valence-corrected chi connectivity index (χ4v) is 8.71. The second kappa shape index (κ2) is 10.2. The maximum atomic E-state index is 6.76. The number of hydrogen-bond acceptors (Lipinski definition) is 3. The highest BCUT2D eigenvalue weighted by atomic mass is 16.5. The highest BCUT2D eigenvalue weighted by Gasteiger charge is 2.50. The molecule has 3 heteroatoms. The van der Waals surface area contributed by atoms with Crippen LogP contribution in [0.25, 0.3) is 55.0 Å². The van der Waals surface area contributed by atoms with Gasteiger partial charge in [-0.1, -0.05) is 140 Å². The minimum absolute atomic E-state index is 0.484. The predicted octanol–water partition coefficient (Wildman–Crippen LogP) is 12.6. The molecule has 3 nitrogen and oxygen atoms in total. The molecular weight excluding hydrogens is 611 g/mol. The zero-order chi connectivity index (χ0) is 32.8. The zero-order valence-corrected chi connectivity index (χ0v) is 27.0. The van der Waals surface area contributed by atoms with Crippen LogP contribution in [0.1, 0.15) is 22.3 Å². The molecule has 1 aliphatic carbocycles. The molecule has 0 radical (unpaired) electrons. The molecule has 0 amide bonds. The Morgan fingerprint density at radius 1 is 0.440 bits per heavy atom. The normalized spacial score (nSPS) is 13.5. The second-order valence-electron chi connectivity index (χ2n) is 13.3. The summed E-state index contributed by atoms with van der Waals surface area (Å²) in [6, 6.07) is 60.4. The van der Waals surface area contributed by atoms with Crippen molar-refractivity contribution in [2.75, 3.05) is 5.32 Å². The van der Waals surface area contributed by atoms with Gasteiger partial charge in [-0.2, -0.15) is 0 Å². The first-order valence-electron chi connectivity index (χ1n) is 17.1. The maximum absolute atomic E-state index is 6.76. The van der Waals surface area contributed by atoms with Crippen molar-refractivity contribution in [3.05, 3.63) is 192 Å². The molecule has 2 aliphatic rings. The van der Waals surface area contributed by atoms with Gasteiger partial charge in [-0.25, -0.2) is 0 Å². The van der Waals surface area contributed by atoms with Gasteiger partial charge in [0, 0.05) is 33.7 Å². The molecule has 0 fully saturated rings. The average molecular weight is 640 g/mol. The maximum Gasteiger partial charge on any atom is 0.159 e. The van der Waals surface area contributed by atoms with Crippen LogP contribution in [-0.4, -0.2) is 0 Å². The van der Waals surface area contributed by atoms with Crippen LogP contribution < -0.4 is 10.1 Å². The molecule has 1 spiro atoms. The van der Waals surface area contributed by atoms with Crippen LogP contribution in [-0.2, 0) is 5.41 Å². The van der Waals surface area contributed by atoms with Crippen LogP contribution in [0.5, 0.6) is 11.5 Å². The van der Waals surface area contributed by atoms with Crippen molar-refractivity contribution in [1.29, 1.82) is 0 Å². The summed E-state index contributed by atoms with van der Waals surface area (Å²) in [5.74, 6) is 1.72. The van der Waals surface area contributed by atoms with Crippen molar-refractivity contribution in [2.24, 2.45) is 0 Å². The number of nitrogens with one attached hydrogen (secondary N) is 1. The van der Waals surface area contributed by atoms with E-state index in [0.29, 0.717) is 0 Å². The molecule has 0 unspecified atom stereocenters. The molecule has 0 saturated heterocycles. The molecule has 11 rings (SSSR count). The highest BCUT2D eigenvalue weighted by molar-refractivity contribution is 6.18. The van der Waals surface area contributed by atoms with E-state index >= 15 is 0 Å². The van der Waals surface area contributed by atoms with Gasteiger partial charge in [-0.3, -0.25) is 0 Å². The highest BCUT2D eigenvalue weighted by Crippen LogP contribution is 2.62. The third kappa shape index (κ3) is 3.64. The summed E-state index contributed by atoms with van der Waals surface area (Å²) in [5, 5.41) is 8.38. The topological polar surface area (TPSA) is 34.4 Å². The molecule has 2 heterocycles. The van der Waals surface area contributed by atoms with Gasteiger partial charge in [0.25, 0.3) is 0 Å². The Labute approximate surface area is 289 Å². The summed E-state index contributed by atoms with van der Waals surface area (Å²) < 4.78 is 13.4. The van der Waals surface area contributed by atoms with E-state index in [-0.39, 0.29) is 0 Å². The summed E-state index contributed by atoms with van der Waals surface area (Å²) in [6.45, 7) is 0. The average Bonchev–Trinajstić information content (AvgIpc) is 3.70. The Hall–Kier alpha value is -6.58. The zero-order valence-electron chi connectivity index (χ0n) is 27.0. The minimum Gasteiger partial charge on any atom is -0.457 e. The Bertz CT molecular complexity index is 2790. The Morgan fingerprint density at radius 2 is 1.08 bits per heavy atom. The van der Waals surface area contributed by atoms with Crippen LogP contribution in [0.2, 0.25) is 0 Å². The van der Waals surface area contributed by atoms with Crippen molar-refractivity contribution >= 4 is 44.1 Å². The fourth-order valence-electron chi connectivity index (χ4n) is 8.71. The van der Waals surface area contributed by atoms with Crippen LogP contribution in [0.15, 0.2) is 174 Å². The van der Waals surface area contributed by atoms with E-state index in [1.807, 2.05) is 12.1 Å². The lowest BCUT2D eigenvalue weighted by Gasteiger charge is -2.39. The number of furan rings is 1. The molecule has 0 saturated carbocycles. The van der Waals surface area contributed by atoms with E-state index in [1.165, 1.54) is 44.2 Å². The first-order valence-corrected chi connectivity index (χ1v) is 17.1. The smallest absolute Gasteiger partial charge is 0.159 e. The third-order valence-electron chi connectivity index (χ3n) is 10.7. The van der Waals surface area contributed by atoms with Crippen LogP contribution in [0, 0.1) is 0 Å². The van der Waals surface area contributed by atoms with Gasteiger partial charge in [-0.05, 0) is 68.4 Å². The van der Waals surface area contributed by atoms with Crippen molar-refractivity contribution in [3.63, 3.8) is 0 Å². The molecule has 0 atom stereocenters. The van der Waals surface area contributed by atoms with E-state index in [0.717, 1.165) is 55.9 Å². The quantitative estimate of drug-likeness (QED) is 0.209. The number of fused-ring (bicyclic) bond motifs is 13. The van der Waals surface area contributed by atoms with E-state index in [9.17, 15) is 0 Å². The standard InChI is InChI=1S/C47H29NO2/c1-2-14-31-29(12-1)13-11-18-32(31)35-25-27-41(46-45(35)36-17-5-9-22-42(36)50-46)48-30-24-26-40-44(28-30)49-43-23-10-8-21-39(43)47(40)37-19-6-3-15-33(37)34-16-4-7-20-38(34)47/h1-28,48H. The van der Waals surface area contributed by atoms with E-state index in [4.69, 9.17) is 9.15 Å². The van der Waals surface area contributed by atoms with Gasteiger partial charge >= 0.3 is 0 Å². The van der Waals surface area contributed by atoms with Crippen LogP contribution in [0.4, 0.5) is 11.4 Å². The Morgan fingerprint density at radius 3 is 1.92 bits per heavy atom. The number of hydrogen-bond donors (Lipinski definition) is 1. The summed E-state index contributed by atoms with van der Waals surface area (Å²) in [7, 11) is 0. The number of benzene rings is 8. The van der Waals surface area contributed by atoms with Crippen molar-refractivity contribution in [1.82, 2.24) is 0 Å². The van der Waals surface area contributed by atoms with Crippen molar-refractivity contribution < 1.29 is 9.15 Å². The number of para-hydroxylation sites is 2. The Balaban J connectivity index is 1.09. The van der Waals surface area contributed by atoms with E-state index in [1.54, 1.807) is 0 Å². The van der Waals surface area contributed by atoms with Crippen LogP contribution in [0.3, 0.4) is 0 Å². The lowest BCUT2D eigenvalue weighted by molar-refractivity contribution is 0.436. The van der Waals surface area contributed by atoms with Gasteiger partial charge in [0.05, 0.1) is 11.1 Å². The third-order valence-corrected chi connectivity index (χ3v) is 10.7. The molecule has 0 bridgehead atoms. The molecular formula is C47H29NO2. The monoisotopic (exact) mass is 639 g/mol. The van der Waals surface area contributed by atoms with Crippen LogP contribution >= 0.6 is 0 Å². The molecule has 8 aromatic carbocycles. The fraction of sp³-hybridized carbons (Fsp3) is 0.0213. The van der Waals surface area contributed by atoms with E-state index < -0.39 is 5.41 Å². The first kappa shape index (κ1) is 27.4. The van der Waals surface area contributed by atoms with Gasteiger partial charge < -0.3 is 14.5 Å². The molecule has 1 aliphatic heterocycles. The number of anilines is 2. The summed E-state index contributed by atoms with van der Waals surface area (Å²) in [6.07, 6.45) is 0. The molecule has 1 N–H and O–H groups in total. The van der Waals surface area contributed by atoms with Gasteiger partial charge in [-0.15, -0.1) is 0 Å². The summed E-state index contributed by atoms with van der Waals surface area (Å²) in [5.41, 5.74) is 12.8. The van der Waals surface area contributed by atoms with E-state index in [2.05, 4.69) is 163 Å². The van der Waals surface area contributed by atoms with Crippen molar-refractivity contribution in [2.45, 2.75) is 5.41 Å². The second-order valence-corrected chi connectivity index (χ2v) is 13.3. The van der Waals surface area contributed by atoms with Crippen molar-refractivity contribution in [3.8, 4) is 33.8 Å². The largest absolute Gasteiger partial charge is 0.457 e. The van der Waals surface area contributed by atoms with Gasteiger partial charge in [0.2, 0.25) is 0 Å². The molecule has 234 valence electrons. The summed E-state index contributed by atoms with van der Waals surface area (Å²) in [4.78, 5) is 0.